The topological polar surface area (TPSA) is 106 Å². The van der Waals surface area contributed by atoms with Crippen molar-refractivity contribution in [1.82, 2.24) is 5.32 Å². The summed E-state index contributed by atoms with van der Waals surface area (Å²) in [5.41, 5.74) is 3.56. The molecular formula is C32H27N3O5S. The van der Waals surface area contributed by atoms with Gasteiger partial charge in [0.2, 0.25) is 12.7 Å². The predicted octanol–water partition coefficient (Wildman–Crippen LogP) is 5.86. The van der Waals surface area contributed by atoms with Gasteiger partial charge in [0, 0.05) is 27.9 Å². The molecule has 0 spiro atoms. The zero-order valence-corrected chi connectivity index (χ0v) is 23.0. The molecular weight excluding hydrogens is 538 g/mol. The summed E-state index contributed by atoms with van der Waals surface area (Å²) in [6, 6.07) is 28.7. The van der Waals surface area contributed by atoms with E-state index in [9.17, 15) is 14.4 Å². The molecule has 41 heavy (non-hydrogen) atoms. The van der Waals surface area contributed by atoms with Gasteiger partial charge in [0.05, 0.1) is 5.75 Å². The average Bonchev–Trinajstić information content (AvgIpc) is 3.45. The molecule has 206 valence electrons. The summed E-state index contributed by atoms with van der Waals surface area (Å²) >= 11 is 1.37. The highest BCUT2D eigenvalue weighted by atomic mass is 32.2. The highest BCUT2D eigenvalue weighted by Gasteiger charge is 2.16. The van der Waals surface area contributed by atoms with E-state index in [1.54, 1.807) is 60.7 Å². The fraction of sp³-hybridized carbons (Fsp3) is 0.0938. The third-order valence-corrected chi connectivity index (χ3v) is 7.03. The van der Waals surface area contributed by atoms with Gasteiger partial charge in [0.1, 0.15) is 5.70 Å². The van der Waals surface area contributed by atoms with Gasteiger partial charge >= 0.3 is 0 Å². The Labute approximate surface area is 241 Å². The van der Waals surface area contributed by atoms with Gasteiger partial charge in [-0.1, -0.05) is 48.0 Å². The molecule has 3 N–H and O–H groups in total. The Hall–Kier alpha value is -5.02. The maximum absolute atomic E-state index is 13.2. The SMILES string of the molecule is Cc1cccc(/C=C(\NC(=O)c2ccccc2)C(=O)Nc2ccc(SCC(=O)Nc3ccc4c(c3)OCO4)cc2)c1. The number of carbonyl (C=O) groups excluding carboxylic acids is 3. The Morgan fingerprint density at radius 1 is 0.805 bits per heavy atom. The number of benzene rings is 4. The van der Waals surface area contributed by atoms with Gasteiger partial charge in [-0.2, -0.15) is 0 Å². The first-order valence-electron chi connectivity index (χ1n) is 12.8. The molecule has 0 unspecified atom stereocenters. The van der Waals surface area contributed by atoms with Crippen LogP contribution in [0.25, 0.3) is 6.08 Å². The van der Waals surface area contributed by atoms with Gasteiger partial charge in [-0.3, -0.25) is 14.4 Å². The lowest BCUT2D eigenvalue weighted by atomic mass is 10.1. The second-order valence-corrected chi connectivity index (χ2v) is 10.2. The number of hydrogen-bond acceptors (Lipinski definition) is 6. The molecule has 0 aromatic heterocycles. The molecule has 3 amide bonds. The summed E-state index contributed by atoms with van der Waals surface area (Å²) < 4.78 is 10.6. The Morgan fingerprint density at radius 2 is 1.56 bits per heavy atom. The van der Waals surface area contributed by atoms with E-state index in [0.717, 1.165) is 16.0 Å². The molecule has 1 heterocycles. The minimum absolute atomic E-state index is 0.114. The van der Waals surface area contributed by atoms with Gasteiger partial charge in [-0.05, 0) is 67.1 Å². The Morgan fingerprint density at radius 3 is 2.34 bits per heavy atom. The molecule has 0 aliphatic carbocycles. The molecule has 9 heteroatoms. The summed E-state index contributed by atoms with van der Waals surface area (Å²) in [7, 11) is 0. The van der Waals surface area contributed by atoms with Crippen molar-refractivity contribution < 1.29 is 23.9 Å². The van der Waals surface area contributed by atoms with E-state index >= 15 is 0 Å². The van der Waals surface area contributed by atoms with Crippen molar-refractivity contribution in [2.45, 2.75) is 11.8 Å². The van der Waals surface area contributed by atoms with Crippen LogP contribution in [0.3, 0.4) is 0 Å². The minimum atomic E-state index is -0.459. The number of hydrogen-bond donors (Lipinski definition) is 3. The van der Waals surface area contributed by atoms with Crippen molar-refractivity contribution in [1.29, 1.82) is 0 Å². The number of anilines is 2. The molecule has 4 aromatic carbocycles. The minimum Gasteiger partial charge on any atom is -0.454 e. The zero-order valence-electron chi connectivity index (χ0n) is 22.2. The van der Waals surface area contributed by atoms with E-state index in [1.165, 1.54) is 11.8 Å². The van der Waals surface area contributed by atoms with Crippen LogP contribution >= 0.6 is 11.8 Å². The maximum Gasteiger partial charge on any atom is 0.272 e. The lowest BCUT2D eigenvalue weighted by molar-refractivity contribution is -0.114. The first-order valence-corrected chi connectivity index (χ1v) is 13.8. The van der Waals surface area contributed by atoms with Crippen LogP contribution in [0.2, 0.25) is 0 Å². The molecule has 0 radical (unpaired) electrons. The van der Waals surface area contributed by atoms with Crippen LogP contribution in [0, 0.1) is 6.92 Å². The van der Waals surface area contributed by atoms with Crippen LogP contribution in [0.4, 0.5) is 11.4 Å². The molecule has 0 bridgehead atoms. The number of aryl methyl sites for hydroxylation is 1. The first kappa shape index (κ1) is 27.5. The molecule has 0 atom stereocenters. The molecule has 0 fully saturated rings. The molecule has 0 saturated heterocycles. The van der Waals surface area contributed by atoms with Gasteiger partial charge in [-0.15, -0.1) is 11.8 Å². The first-order chi connectivity index (χ1) is 19.9. The smallest absolute Gasteiger partial charge is 0.272 e. The van der Waals surface area contributed by atoms with Crippen LogP contribution < -0.4 is 25.4 Å². The van der Waals surface area contributed by atoms with E-state index in [2.05, 4.69) is 16.0 Å². The van der Waals surface area contributed by atoms with E-state index in [4.69, 9.17) is 9.47 Å². The second-order valence-electron chi connectivity index (χ2n) is 9.18. The lowest BCUT2D eigenvalue weighted by Crippen LogP contribution is -2.30. The van der Waals surface area contributed by atoms with E-state index in [0.29, 0.717) is 28.4 Å². The number of thioether (sulfide) groups is 1. The highest BCUT2D eigenvalue weighted by molar-refractivity contribution is 8.00. The fourth-order valence-electron chi connectivity index (χ4n) is 4.02. The Balaban J connectivity index is 1.20. The number of rotatable bonds is 9. The normalized spacial score (nSPS) is 12.0. The van der Waals surface area contributed by atoms with Crippen molar-refractivity contribution in [3.8, 4) is 11.5 Å². The molecule has 1 aliphatic heterocycles. The van der Waals surface area contributed by atoms with Crippen molar-refractivity contribution in [2.75, 3.05) is 23.2 Å². The Bertz CT molecular complexity index is 1600. The number of ether oxygens (including phenoxy) is 2. The summed E-state index contributed by atoms with van der Waals surface area (Å²) in [5.74, 6) is 0.455. The van der Waals surface area contributed by atoms with E-state index in [-0.39, 0.29) is 30.1 Å². The third-order valence-electron chi connectivity index (χ3n) is 6.02. The molecule has 5 rings (SSSR count). The number of nitrogens with one attached hydrogen (secondary N) is 3. The van der Waals surface area contributed by atoms with Gasteiger partial charge in [-0.25, -0.2) is 0 Å². The summed E-state index contributed by atoms with van der Waals surface area (Å²) in [5, 5.41) is 8.44. The van der Waals surface area contributed by atoms with Crippen molar-refractivity contribution in [3.63, 3.8) is 0 Å². The third kappa shape index (κ3) is 7.55. The van der Waals surface area contributed by atoms with Gasteiger partial charge in [0.15, 0.2) is 11.5 Å². The number of amides is 3. The predicted molar refractivity (Wildman–Crippen MR) is 160 cm³/mol. The van der Waals surface area contributed by atoms with Crippen LogP contribution in [0.1, 0.15) is 21.5 Å². The monoisotopic (exact) mass is 565 g/mol. The molecule has 4 aromatic rings. The van der Waals surface area contributed by atoms with Crippen LogP contribution in [0.5, 0.6) is 11.5 Å². The fourth-order valence-corrected chi connectivity index (χ4v) is 4.72. The largest absolute Gasteiger partial charge is 0.454 e. The second kappa shape index (κ2) is 12.9. The van der Waals surface area contributed by atoms with Crippen molar-refractivity contribution in [3.05, 3.63) is 119 Å². The average molecular weight is 566 g/mol. The summed E-state index contributed by atoms with van der Waals surface area (Å²) in [6.45, 7) is 2.13. The van der Waals surface area contributed by atoms with E-state index < -0.39 is 5.91 Å². The van der Waals surface area contributed by atoms with Crippen LogP contribution in [-0.4, -0.2) is 30.3 Å². The quantitative estimate of drug-likeness (QED) is 0.173. The zero-order chi connectivity index (χ0) is 28.6. The van der Waals surface area contributed by atoms with Crippen molar-refractivity contribution in [2.24, 2.45) is 0 Å². The highest BCUT2D eigenvalue weighted by Crippen LogP contribution is 2.34. The van der Waals surface area contributed by atoms with Crippen LogP contribution in [-0.2, 0) is 9.59 Å². The van der Waals surface area contributed by atoms with Gasteiger partial charge < -0.3 is 25.4 Å². The molecule has 1 aliphatic rings. The van der Waals surface area contributed by atoms with E-state index in [1.807, 2.05) is 49.4 Å². The maximum atomic E-state index is 13.2. The number of fused-ring (bicyclic) bond motifs is 1. The number of carbonyl (C=O) groups is 3. The lowest BCUT2D eigenvalue weighted by Gasteiger charge is -2.12. The molecule has 0 saturated carbocycles. The van der Waals surface area contributed by atoms with Crippen molar-refractivity contribution >= 4 is 46.9 Å². The summed E-state index contributed by atoms with van der Waals surface area (Å²) in [4.78, 5) is 39.4. The molecule has 8 nitrogen and oxygen atoms in total. The standard InChI is InChI=1S/C32H27N3O5S/c1-21-6-5-7-22(16-21)17-27(35-31(37)23-8-3-2-4-9-23)32(38)34-24-10-13-26(14-11-24)41-19-30(36)33-25-12-15-28-29(18-25)40-20-39-28/h2-18H,19-20H2,1H3,(H,33,36)(H,34,38)(H,35,37)/b27-17-. The Kier molecular flexibility index (Phi) is 8.66. The summed E-state index contributed by atoms with van der Waals surface area (Å²) in [6.07, 6.45) is 1.64. The van der Waals surface area contributed by atoms with Gasteiger partial charge in [0.25, 0.3) is 11.8 Å². The van der Waals surface area contributed by atoms with Crippen LogP contribution in [0.15, 0.2) is 108 Å².